The normalized spacial score (nSPS) is 16.3. The van der Waals surface area contributed by atoms with Gasteiger partial charge >= 0.3 is 0 Å². The van der Waals surface area contributed by atoms with Gasteiger partial charge in [-0.15, -0.1) is 0 Å². The minimum Gasteiger partial charge on any atom is -0.339 e. The standard InChI is InChI=1S/C22H23FN2O2/c23-20-7-2-1-6-19(20)22(27)25-12-10-24(11-13-25)21(26)15-16-8-9-17-4-3-5-18(17)14-16/h1-2,6-9,14H,3-5,10-13,15H2. The molecule has 0 bridgehead atoms. The summed E-state index contributed by atoms with van der Waals surface area (Å²) in [5, 5.41) is 0. The van der Waals surface area contributed by atoms with Crippen molar-refractivity contribution < 1.29 is 14.0 Å². The summed E-state index contributed by atoms with van der Waals surface area (Å²) in [4.78, 5) is 28.5. The Bertz CT molecular complexity index is 872. The SMILES string of the molecule is O=C(Cc1ccc2c(c1)CCC2)N1CCN(C(=O)c2ccccc2F)CC1. The maximum atomic E-state index is 13.8. The maximum absolute atomic E-state index is 13.8. The molecule has 4 nitrogen and oxygen atoms in total. The second-order valence-electron chi connectivity index (χ2n) is 7.29. The molecule has 140 valence electrons. The molecule has 1 heterocycles. The molecule has 1 aliphatic carbocycles. The van der Waals surface area contributed by atoms with Crippen LogP contribution in [0.15, 0.2) is 42.5 Å². The molecule has 0 aromatic heterocycles. The van der Waals surface area contributed by atoms with Crippen molar-refractivity contribution in [3.05, 3.63) is 70.5 Å². The van der Waals surface area contributed by atoms with Crippen molar-refractivity contribution >= 4 is 11.8 Å². The highest BCUT2D eigenvalue weighted by molar-refractivity contribution is 5.94. The number of hydrogen-bond donors (Lipinski definition) is 0. The molecule has 0 spiro atoms. The van der Waals surface area contributed by atoms with Gasteiger partial charge in [-0.25, -0.2) is 4.39 Å². The summed E-state index contributed by atoms with van der Waals surface area (Å²) < 4.78 is 13.8. The van der Waals surface area contributed by atoms with E-state index in [2.05, 4.69) is 18.2 Å². The third kappa shape index (κ3) is 3.72. The van der Waals surface area contributed by atoms with Crippen molar-refractivity contribution in [1.29, 1.82) is 0 Å². The Morgan fingerprint density at radius 3 is 2.37 bits per heavy atom. The number of hydrogen-bond acceptors (Lipinski definition) is 2. The van der Waals surface area contributed by atoms with E-state index in [1.165, 1.54) is 29.7 Å². The van der Waals surface area contributed by atoms with E-state index in [1.807, 2.05) is 0 Å². The van der Waals surface area contributed by atoms with Gasteiger partial charge in [-0.05, 0) is 48.1 Å². The first-order chi connectivity index (χ1) is 13.1. The van der Waals surface area contributed by atoms with Gasteiger partial charge in [-0.2, -0.15) is 0 Å². The molecular weight excluding hydrogens is 343 g/mol. The number of carbonyl (C=O) groups is 2. The Morgan fingerprint density at radius 1 is 0.889 bits per heavy atom. The predicted molar refractivity (Wildman–Crippen MR) is 101 cm³/mol. The molecule has 27 heavy (non-hydrogen) atoms. The Morgan fingerprint density at radius 2 is 1.59 bits per heavy atom. The highest BCUT2D eigenvalue weighted by atomic mass is 19.1. The zero-order valence-electron chi connectivity index (χ0n) is 15.3. The van der Waals surface area contributed by atoms with Crippen LogP contribution < -0.4 is 0 Å². The Labute approximate surface area is 158 Å². The van der Waals surface area contributed by atoms with Crippen molar-refractivity contribution in [3.63, 3.8) is 0 Å². The molecule has 0 unspecified atom stereocenters. The molecule has 4 rings (SSSR count). The van der Waals surface area contributed by atoms with Gasteiger partial charge < -0.3 is 9.80 Å². The van der Waals surface area contributed by atoms with Crippen LogP contribution in [-0.2, 0) is 24.1 Å². The number of carbonyl (C=O) groups excluding carboxylic acids is 2. The van der Waals surface area contributed by atoms with Crippen LogP contribution in [0.2, 0.25) is 0 Å². The number of benzene rings is 2. The molecule has 1 aliphatic heterocycles. The van der Waals surface area contributed by atoms with E-state index in [4.69, 9.17) is 0 Å². The lowest BCUT2D eigenvalue weighted by molar-refractivity contribution is -0.131. The smallest absolute Gasteiger partial charge is 0.256 e. The zero-order valence-corrected chi connectivity index (χ0v) is 15.3. The van der Waals surface area contributed by atoms with E-state index in [0.717, 1.165) is 18.4 Å². The second-order valence-corrected chi connectivity index (χ2v) is 7.29. The molecule has 0 atom stereocenters. The Kier molecular flexibility index (Phi) is 4.92. The third-order valence-corrected chi connectivity index (χ3v) is 5.54. The van der Waals surface area contributed by atoms with E-state index >= 15 is 0 Å². The fourth-order valence-corrected chi connectivity index (χ4v) is 3.99. The van der Waals surface area contributed by atoms with Gasteiger partial charge in [0.25, 0.3) is 5.91 Å². The van der Waals surface area contributed by atoms with Crippen LogP contribution in [0.1, 0.15) is 33.5 Å². The van der Waals surface area contributed by atoms with E-state index in [9.17, 15) is 14.0 Å². The summed E-state index contributed by atoms with van der Waals surface area (Å²) in [5.41, 5.74) is 3.94. The third-order valence-electron chi connectivity index (χ3n) is 5.54. The van der Waals surface area contributed by atoms with Gasteiger partial charge in [0.15, 0.2) is 0 Å². The fourth-order valence-electron chi connectivity index (χ4n) is 3.99. The van der Waals surface area contributed by atoms with E-state index in [1.54, 1.807) is 21.9 Å². The summed E-state index contributed by atoms with van der Waals surface area (Å²) in [6.45, 7) is 1.85. The number of nitrogens with zero attached hydrogens (tertiary/aromatic N) is 2. The van der Waals surface area contributed by atoms with Gasteiger partial charge in [0.1, 0.15) is 5.82 Å². The zero-order chi connectivity index (χ0) is 18.8. The Balaban J connectivity index is 1.34. The number of rotatable bonds is 3. The molecule has 2 aliphatic rings. The summed E-state index contributed by atoms with van der Waals surface area (Å²) in [7, 11) is 0. The molecule has 1 fully saturated rings. The van der Waals surface area contributed by atoms with E-state index < -0.39 is 5.82 Å². The molecule has 0 N–H and O–H groups in total. The first kappa shape index (κ1) is 17.7. The van der Waals surface area contributed by atoms with Crippen LogP contribution in [0.4, 0.5) is 4.39 Å². The first-order valence-electron chi connectivity index (χ1n) is 9.54. The van der Waals surface area contributed by atoms with Gasteiger partial charge in [0.05, 0.1) is 12.0 Å². The monoisotopic (exact) mass is 366 g/mol. The van der Waals surface area contributed by atoms with Crippen LogP contribution in [0.5, 0.6) is 0 Å². The number of fused-ring (bicyclic) bond motifs is 1. The number of piperazine rings is 1. The number of amides is 2. The van der Waals surface area contributed by atoms with Crippen LogP contribution in [0, 0.1) is 5.82 Å². The minimum absolute atomic E-state index is 0.0888. The second kappa shape index (κ2) is 7.51. The number of aryl methyl sites for hydroxylation is 2. The average Bonchev–Trinajstić information content (AvgIpc) is 3.16. The fraction of sp³-hybridized carbons (Fsp3) is 0.364. The van der Waals surface area contributed by atoms with Crippen molar-refractivity contribution in [3.8, 4) is 0 Å². The van der Waals surface area contributed by atoms with Crippen LogP contribution in [0.25, 0.3) is 0 Å². The predicted octanol–water partition coefficient (Wildman–Crippen LogP) is 2.84. The molecule has 0 saturated carbocycles. The lowest BCUT2D eigenvalue weighted by Gasteiger charge is -2.35. The van der Waals surface area contributed by atoms with Crippen LogP contribution in [0.3, 0.4) is 0 Å². The van der Waals surface area contributed by atoms with Crippen molar-refractivity contribution in [2.24, 2.45) is 0 Å². The Hall–Kier alpha value is -2.69. The van der Waals surface area contributed by atoms with Crippen molar-refractivity contribution in [2.75, 3.05) is 26.2 Å². The lowest BCUT2D eigenvalue weighted by Crippen LogP contribution is -2.51. The maximum Gasteiger partial charge on any atom is 0.256 e. The largest absolute Gasteiger partial charge is 0.339 e. The van der Waals surface area contributed by atoms with Gasteiger partial charge in [0.2, 0.25) is 5.91 Å². The molecule has 2 aromatic rings. The van der Waals surface area contributed by atoms with Crippen LogP contribution >= 0.6 is 0 Å². The quantitative estimate of drug-likeness (QED) is 0.838. The summed E-state index contributed by atoms with van der Waals surface area (Å²) in [6, 6.07) is 12.4. The molecule has 1 saturated heterocycles. The molecule has 2 amide bonds. The van der Waals surface area contributed by atoms with Gasteiger partial charge in [-0.1, -0.05) is 30.3 Å². The number of halogens is 1. The summed E-state index contributed by atoms with van der Waals surface area (Å²) >= 11 is 0. The summed E-state index contributed by atoms with van der Waals surface area (Å²) in [5.74, 6) is -0.720. The first-order valence-corrected chi connectivity index (χ1v) is 9.54. The molecule has 0 radical (unpaired) electrons. The van der Waals surface area contributed by atoms with E-state index in [-0.39, 0.29) is 17.4 Å². The average molecular weight is 366 g/mol. The lowest BCUT2D eigenvalue weighted by atomic mass is 10.0. The van der Waals surface area contributed by atoms with Gasteiger partial charge in [-0.3, -0.25) is 9.59 Å². The highest BCUT2D eigenvalue weighted by Crippen LogP contribution is 2.23. The molecular formula is C22H23FN2O2. The van der Waals surface area contributed by atoms with E-state index in [0.29, 0.717) is 32.6 Å². The topological polar surface area (TPSA) is 40.6 Å². The van der Waals surface area contributed by atoms with Crippen molar-refractivity contribution in [1.82, 2.24) is 9.80 Å². The molecule has 2 aromatic carbocycles. The van der Waals surface area contributed by atoms with Crippen molar-refractivity contribution in [2.45, 2.75) is 25.7 Å². The van der Waals surface area contributed by atoms with Crippen LogP contribution in [-0.4, -0.2) is 47.8 Å². The summed E-state index contributed by atoms with van der Waals surface area (Å²) in [6.07, 6.45) is 3.84. The molecule has 5 heteroatoms. The van der Waals surface area contributed by atoms with Gasteiger partial charge in [0, 0.05) is 26.2 Å². The highest BCUT2D eigenvalue weighted by Gasteiger charge is 2.26. The minimum atomic E-state index is -0.502.